The number of anilines is 1. The van der Waals surface area contributed by atoms with E-state index < -0.39 is 0 Å². The summed E-state index contributed by atoms with van der Waals surface area (Å²) < 4.78 is 10.8. The van der Waals surface area contributed by atoms with E-state index in [9.17, 15) is 0 Å². The van der Waals surface area contributed by atoms with E-state index in [1.807, 2.05) is 49.4 Å². The van der Waals surface area contributed by atoms with E-state index in [-0.39, 0.29) is 6.61 Å². The minimum absolute atomic E-state index is 0.0658. The molecule has 2 aromatic carbocycles. The highest BCUT2D eigenvalue weighted by molar-refractivity contribution is 5.47. The summed E-state index contributed by atoms with van der Waals surface area (Å²) >= 11 is 0. The normalized spacial score (nSPS) is 10.2. The van der Waals surface area contributed by atoms with Gasteiger partial charge in [0, 0.05) is 12.2 Å². The topological polar surface area (TPSA) is 50.7 Å². The maximum atomic E-state index is 9.02. The Morgan fingerprint density at radius 1 is 1.00 bits per heavy atom. The molecule has 2 aromatic rings. The molecule has 0 amide bonds. The second-order valence-corrected chi connectivity index (χ2v) is 4.63. The Morgan fingerprint density at radius 3 is 2.33 bits per heavy atom. The molecule has 0 fully saturated rings. The molecule has 112 valence electrons. The Hall–Kier alpha value is -2.20. The van der Waals surface area contributed by atoms with Crippen molar-refractivity contribution in [3.8, 4) is 11.5 Å². The van der Waals surface area contributed by atoms with Gasteiger partial charge >= 0.3 is 0 Å². The van der Waals surface area contributed by atoms with E-state index in [0.29, 0.717) is 13.2 Å². The average molecular weight is 287 g/mol. The largest absolute Gasteiger partial charge is 0.493 e. The third-order valence-electron chi connectivity index (χ3n) is 3.16. The average Bonchev–Trinajstić information content (AvgIpc) is 2.54. The molecule has 0 unspecified atom stereocenters. The zero-order valence-electron chi connectivity index (χ0n) is 12.4. The first-order chi connectivity index (χ1) is 10.3. The number of aliphatic hydroxyl groups excluding tert-OH is 1. The van der Waals surface area contributed by atoms with Crippen LogP contribution in [-0.2, 0) is 13.2 Å². The van der Waals surface area contributed by atoms with Crippen LogP contribution in [0.5, 0.6) is 11.5 Å². The fourth-order valence-electron chi connectivity index (χ4n) is 2.03. The Labute approximate surface area is 125 Å². The minimum Gasteiger partial charge on any atom is -0.493 e. The Kier molecular flexibility index (Phi) is 5.46. The van der Waals surface area contributed by atoms with Crippen LogP contribution in [0.25, 0.3) is 0 Å². The highest BCUT2D eigenvalue weighted by Crippen LogP contribution is 2.28. The van der Waals surface area contributed by atoms with Gasteiger partial charge in [0.05, 0.1) is 20.3 Å². The Balaban J connectivity index is 2.01. The number of nitrogens with one attached hydrogen (secondary N) is 1. The number of aliphatic hydroxyl groups is 1. The second-order valence-electron chi connectivity index (χ2n) is 4.63. The lowest BCUT2D eigenvalue weighted by atomic mass is 10.2. The predicted octanol–water partition coefficient (Wildman–Crippen LogP) is 3.20. The van der Waals surface area contributed by atoms with E-state index in [1.165, 1.54) is 0 Å². The molecule has 2 N–H and O–H groups in total. The number of rotatable bonds is 7. The molecular formula is C17H21NO3. The van der Waals surface area contributed by atoms with E-state index in [1.54, 1.807) is 7.11 Å². The first-order valence-electron chi connectivity index (χ1n) is 7.00. The molecule has 0 aromatic heterocycles. The summed E-state index contributed by atoms with van der Waals surface area (Å²) in [5.41, 5.74) is 3.03. The van der Waals surface area contributed by atoms with Crippen LogP contribution in [0.1, 0.15) is 18.1 Å². The molecule has 0 spiro atoms. The molecule has 0 aliphatic heterocycles. The number of benzene rings is 2. The summed E-state index contributed by atoms with van der Waals surface area (Å²) in [4.78, 5) is 0. The van der Waals surface area contributed by atoms with Crippen LogP contribution in [0.4, 0.5) is 5.69 Å². The van der Waals surface area contributed by atoms with Gasteiger partial charge in [-0.3, -0.25) is 0 Å². The van der Waals surface area contributed by atoms with Crippen LogP contribution in [0.3, 0.4) is 0 Å². The quantitative estimate of drug-likeness (QED) is 0.821. The molecule has 0 aliphatic rings. The zero-order chi connectivity index (χ0) is 15.1. The smallest absolute Gasteiger partial charge is 0.161 e. The second kappa shape index (κ2) is 7.55. The van der Waals surface area contributed by atoms with Gasteiger partial charge in [0.25, 0.3) is 0 Å². The van der Waals surface area contributed by atoms with Crippen molar-refractivity contribution in [3.63, 3.8) is 0 Å². The first kappa shape index (κ1) is 15.2. The fourth-order valence-corrected chi connectivity index (χ4v) is 2.03. The molecule has 21 heavy (non-hydrogen) atoms. The molecule has 0 saturated carbocycles. The predicted molar refractivity (Wildman–Crippen MR) is 83.9 cm³/mol. The van der Waals surface area contributed by atoms with Gasteiger partial charge in [-0.25, -0.2) is 0 Å². The maximum absolute atomic E-state index is 9.02. The SMILES string of the molecule is CCOc1ccc(CNc2ccc(CO)cc2)cc1OC. The van der Waals surface area contributed by atoms with Crippen LogP contribution < -0.4 is 14.8 Å². The summed E-state index contributed by atoms with van der Waals surface area (Å²) in [6.07, 6.45) is 0. The van der Waals surface area contributed by atoms with Crippen LogP contribution in [0.15, 0.2) is 42.5 Å². The summed E-state index contributed by atoms with van der Waals surface area (Å²) in [5, 5.41) is 12.4. The molecule has 0 aliphatic carbocycles. The summed E-state index contributed by atoms with van der Waals surface area (Å²) in [7, 11) is 1.64. The van der Waals surface area contributed by atoms with Gasteiger partial charge in [-0.15, -0.1) is 0 Å². The van der Waals surface area contributed by atoms with Gasteiger partial charge in [-0.05, 0) is 42.3 Å². The molecule has 4 heteroatoms. The molecule has 0 radical (unpaired) electrons. The molecule has 0 bridgehead atoms. The minimum atomic E-state index is 0.0658. The van der Waals surface area contributed by atoms with Crippen molar-refractivity contribution in [1.82, 2.24) is 0 Å². The molecule has 0 saturated heterocycles. The highest BCUT2D eigenvalue weighted by atomic mass is 16.5. The number of hydrogen-bond donors (Lipinski definition) is 2. The molecule has 0 atom stereocenters. The van der Waals surface area contributed by atoms with Gasteiger partial charge in [0.2, 0.25) is 0 Å². The van der Waals surface area contributed by atoms with Crippen LogP contribution in [0.2, 0.25) is 0 Å². The van der Waals surface area contributed by atoms with Crippen molar-refractivity contribution in [2.45, 2.75) is 20.1 Å². The summed E-state index contributed by atoms with van der Waals surface area (Å²) in [6.45, 7) is 3.33. The van der Waals surface area contributed by atoms with Gasteiger partial charge in [0.1, 0.15) is 0 Å². The van der Waals surface area contributed by atoms with Crippen molar-refractivity contribution >= 4 is 5.69 Å². The van der Waals surface area contributed by atoms with Crippen LogP contribution in [-0.4, -0.2) is 18.8 Å². The standard InChI is InChI=1S/C17H21NO3/c1-3-21-16-9-6-14(10-17(16)20-2)11-18-15-7-4-13(12-19)5-8-15/h4-10,18-19H,3,11-12H2,1-2H3. The molecular weight excluding hydrogens is 266 g/mol. The van der Waals surface area contributed by atoms with Crippen molar-refractivity contribution in [3.05, 3.63) is 53.6 Å². The molecule has 2 rings (SSSR count). The van der Waals surface area contributed by atoms with Gasteiger partial charge in [0.15, 0.2) is 11.5 Å². The lowest BCUT2D eigenvalue weighted by molar-refractivity contribution is 0.282. The van der Waals surface area contributed by atoms with E-state index in [2.05, 4.69) is 5.32 Å². The van der Waals surface area contributed by atoms with Crippen molar-refractivity contribution < 1.29 is 14.6 Å². The third-order valence-corrected chi connectivity index (χ3v) is 3.16. The third kappa shape index (κ3) is 4.13. The summed E-state index contributed by atoms with van der Waals surface area (Å²) in [6, 6.07) is 13.6. The number of hydrogen-bond acceptors (Lipinski definition) is 4. The van der Waals surface area contributed by atoms with Crippen LogP contribution >= 0.6 is 0 Å². The van der Waals surface area contributed by atoms with Gasteiger partial charge in [-0.1, -0.05) is 18.2 Å². The Morgan fingerprint density at radius 2 is 1.71 bits per heavy atom. The maximum Gasteiger partial charge on any atom is 0.161 e. The Bertz CT molecular complexity index is 567. The molecule has 0 heterocycles. The molecule has 4 nitrogen and oxygen atoms in total. The van der Waals surface area contributed by atoms with Crippen LogP contribution in [0, 0.1) is 0 Å². The summed E-state index contributed by atoms with van der Waals surface area (Å²) in [5.74, 6) is 1.50. The lowest BCUT2D eigenvalue weighted by Crippen LogP contribution is -2.01. The number of methoxy groups -OCH3 is 1. The lowest BCUT2D eigenvalue weighted by Gasteiger charge is -2.12. The monoisotopic (exact) mass is 287 g/mol. The number of ether oxygens (including phenoxy) is 2. The van der Waals surface area contributed by atoms with Crippen molar-refractivity contribution in [2.24, 2.45) is 0 Å². The van der Waals surface area contributed by atoms with Crippen molar-refractivity contribution in [1.29, 1.82) is 0 Å². The van der Waals surface area contributed by atoms with Gasteiger partial charge in [-0.2, -0.15) is 0 Å². The zero-order valence-corrected chi connectivity index (χ0v) is 12.4. The first-order valence-corrected chi connectivity index (χ1v) is 7.00. The fraction of sp³-hybridized carbons (Fsp3) is 0.294. The highest BCUT2D eigenvalue weighted by Gasteiger charge is 2.05. The van der Waals surface area contributed by atoms with E-state index in [4.69, 9.17) is 14.6 Å². The van der Waals surface area contributed by atoms with Crippen molar-refractivity contribution in [2.75, 3.05) is 19.0 Å². The van der Waals surface area contributed by atoms with Gasteiger partial charge < -0.3 is 19.9 Å². The van der Waals surface area contributed by atoms with E-state index in [0.717, 1.165) is 28.3 Å². The van der Waals surface area contributed by atoms with E-state index >= 15 is 0 Å².